The van der Waals surface area contributed by atoms with Crippen LogP contribution in [0.4, 0.5) is 0 Å². The van der Waals surface area contributed by atoms with E-state index in [9.17, 15) is 0 Å². The van der Waals surface area contributed by atoms with Gasteiger partial charge in [0, 0.05) is 25.7 Å². The molecule has 0 spiro atoms. The molecule has 0 saturated carbocycles. The molecule has 2 saturated heterocycles. The number of ether oxygens (including phenoxy) is 1. The van der Waals surface area contributed by atoms with Crippen molar-refractivity contribution in [3.63, 3.8) is 0 Å². The summed E-state index contributed by atoms with van der Waals surface area (Å²) in [5, 5.41) is 7.03. The molecule has 1 aromatic carbocycles. The zero-order valence-electron chi connectivity index (χ0n) is 16.1. The van der Waals surface area contributed by atoms with Gasteiger partial charge < -0.3 is 15.4 Å². The highest BCUT2D eigenvalue weighted by Crippen LogP contribution is 2.34. The van der Waals surface area contributed by atoms with Crippen LogP contribution in [0.15, 0.2) is 29.3 Å². The Balaban J connectivity index is 1.34. The molecule has 3 heterocycles. The molecule has 1 aromatic rings. The first kappa shape index (κ1) is 17.8. The molecule has 4 rings (SSSR count). The van der Waals surface area contributed by atoms with Crippen LogP contribution in [0, 0.1) is 0 Å². The summed E-state index contributed by atoms with van der Waals surface area (Å²) in [6.45, 7) is 8.29. The topological polar surface area (TPSA) is 48.9 Å². The van der Waals surface area contributed by atoms with Crippen LogP contribution in [0.3, 0.4) is 0 Å². The molecule has 0 aliphatic carbocycles. The van der Waals surface area contributed by atoms with Gasteiger partial charge in [0.25, 0.3) is 0 Å². The summed E-state index contributed by atoms with van der Waals surface area (Å²) in [6, 6.07) is 9.68. The second kappa shape index (κ2) is 7.97. The Labute approximate surface area is 157 Å². The van der Waals surface area contributed by atoms with E-state index in [-0.39, 0.29) is 0 Å². The van der Waals surface area contributed by atoms with E-state index < -0.39 is 0 Å². The minimum atomic E-state index is 0.375. The molecule has 3 aliphatic heterocycles. The third-order valence-corrected chi connectivity index (χ3v) is 6.07. The summed E-state index contributed by atoms with van der Waals surface area (Å²) in [5.41, 5.74) is 2.98. The number of hydrogen-bond donors (Lipinski definition) is 2. The first-order valence-electron chi connectivity index (χ1n) is 10.2. The van der Waals surface area contributed by atoms with Crippen LogP contribution in [0.5, 0.6) is 0 Å². The molecular formula is C21H32N4O. The Kier molecular flexibility index (Phi) is 5.46. The van der Waals surface area contributed by atoms with Gasteiger partial charge in [-0.3, -0.25) is 9.89 Å². The molecule has 0 radical (unpaired) electrons. The van der Waals surface area contributed by atoms with Gasteiger partial charge in [-0.05, 0) is 50.7 Å². The number of nitrogens with one attached hydrogen (secondary N) is 2. The summed E-state index contributed by atoms with van der Waals surface area (Å²) in [6.07, 6.45) is 5.51. The molecule has 4 unspecified atom stereocenters. The second-order valence-electron chi connectivity index (χ2n) is 7.92. The zero-order chi connectivity index (χ0) is 17.9. The van der Waals surface area contributed by atoms with Crippen LogP contribution in [0.25, 0.3) is 0 Å². The van der Waals surface area contributed by atoms with E-state index in [1.807, 2.05) is 0 Å². The highest BCUT2D eigenvalue weighted by atomic mass is 16.5. The van der Waals surface area contributed by atoms with E-state index in [2.05, 4.69) is 53.6 Å². The summed E-state index contributed by atoms with van der Waals surface area (Å²) in [7, 11) is 0. The molecule has 5 heteroatoms. The lowest BCUT2D eigenvalue weighted by Crippen LogP contribution is -2.48. The average molecular weight is 357 g/mol. The fourth-order valence-electron chi connectivity index (χ4n) is 4.52. The average Bonchev–Trinajstić information content (AvgIpc) is 3.29. The minimum Gasteiger partial charge on any atom is -0.373 e. The SMILES string of the molecule is CCNC(=NCC(C)N1CCc2ccccc2C1)NC1CC2CCC1O2. The Morgan fingerprint density at radius 2 is 2.15 bits per heavy atom. The Hall–Kier alpha value is -1.59. The number of aliphatic imine (C=N–C) groups is 1. The smallest absolute Gasteiger partial charge is 0.191 e. The predicted molar refractivity (Wildman–Crippen MR) is 105 cm³/mol. The highest BCUT2D eigenvalue weighted by Gasteiger charge is 2.41. The van der Waals surface area contributed by atoms with Crippen LogP contribution < -0.4 is 10.6 Å². The summed E-state index contributed by atoms with van der Waals surface area (Å²) >= 11 is 0. The van der Waals surface area contributed by atoms with Gasteiger partial charge in [0.05, 0.1) is 24.8 Å². The van der Waals surface area contributed by atoms with E-state index in [0.717, 1.165) is 45.0 Å². The third-order valence-electron chi connectivity index (χ3n) is 6.07. The lowest BCUT2D eigenvalue weighted by atomic mass is 9.96. The second-order valence-corrected chi connectivity index (χ2v) is 7.92. The standard InChI is InChI=1S/C21H32N4O/c1-3-22-21(24-19-12-18-8-9-20(19)26-18)23-13-15(2)25-11-10-16-6-4-5-7-17(16)14-25/h4-7,15,18-20H,3,8-14H2,1-2H3,(H2,22,23,24). The van der Waals surface area contributed by atoms with Gasteiger partial charge in [0.1, 0.15) is 0 Å². The Bertz CT molecular complexity index is 647. The summed E-state index contributed by atoms with van der Waals surface area (Å²) in [5.74, 6) is 0.943. The fraction of sp³-hybridized carbons (Fsp3) is 0.667. The van der Waals surface area contributed by atoms with Crippen LogP contribution >= 0.6 is 0 Å². The van der Waals surface area contributed by atoms with Crippen molar-refractivity contribution < 1.29 is 4.74 Å². The Morgan fingerprint density at radius 3 is 2.88 bits per heavy atom. The molecule has 2 N–H and O–H groups in total. The maximum Gasteiger partial charge on any atom is 0.191 e. The van der Waals surface area contributed by atoms with Gasteiger partial charge in [0.15, 0.2) is 5.96 Å². The zero-order valence-corrected chi connectivity index (χ0v) is 16.1. The van der Waals surface area contributed by atoms with E-state index in [4.69, 9.17) is 9.73 Å². The van der Waals surface area contributed by atoms with E-state index in [1.54, 1.807) is 0 Å². The maximum absolute atomic E-state index is 5.96. The van der Waals surface area contributed by atoms with Crippen molar-refractivity contribution in [2.24, 2.45) is 4.99 Å². The normalized spacial score (nSPS) is 29.5. The van der Waals surface area contributed by atoms with Gasteiger partial charge >= 0.3 is 0 Å². The minimum absolute atomic E-state index is 0.375. The molecule has 26 heavy (non-hydrogen) atoms. The summed E-state index contributed by atoms with van der Waals surface area (Å²) < 4.78 is 5.96. The van der Waals surface area contributed by atoms with Gasteiger partial charge in [-0.25, -0.2) is 0 Å². The van der Waals surface area contributed by atoms with Crippen LogP contribution in [0.2, 0.25) is 0 Å². The number of guanidine groups is 1. The molecule has 0 aromatic heterocycles. The molecule has 3 aliphatic rings. The molecule has 5 nitrogen and oxygen atoms in total. The van der Waals surface area contributed by atoms with Crippen molar-refractivity contribution in [1.82, 2.24) is 15.5 Å². The van der Waals surface area contributed by atoms with Crippen molar-refractivity contribution in [2.75, 3.05) is 19.6 Å². The van der Waals surface area contributed by atoms with Crippen LogP contribution in [0.1, 0.15) is 44.2 Å². The molecule has 142 valence electrons. The highest BCUT2D eigenvalue weighted by molar-refractivity contribution is 5.80. The van der Waals surface area contributed by atoms with Crippen LogP contribution in [-0.4, -0.2) is 54.8 Å². The molecular weight excluding hydrogens is 324 g/mol. The van der Waals surface area contributed by atoms with Gasteiger partial charge in [-0.1, -0.05) is 24.3 Å². The third kappa shape index (κ3) is 3.89. The number of fused-ring (bicyclic) bond motifs is 3. The number of rotatable bonds is 5. The van der Waals surface area contributed by atoms with E-state index in [1.165, 1.54) is 24.0 Å². The molecule has 2 bridgehead atoms. The monoisotopic (exact) mass is 356 g/mol. The molecule has 0 amide bonds. The Morgan fingerprint density at radius 1 is 1.31 bits per heavy atom. The largest absolute Gasteiger partial charge is 0.373 e. The number of nitrogens with zero attached hydrogens (tertiary/aromatic N) is 2. The van der Waals surface area contributed by atoms with Crippen molar-refractivity contribution >= 4 is 5.96 Å². The fourth-order valence-corrected chi connectivity index (χ4v) is 4.52. The quantitative estimate of drug-likeness (QED) is 0.628. The molecule has 4 atom stereocenters. The van der Waals surface area contributed by atoms with Crippen molar-refractivity contribution in [3.8, 4) is 0 Å². The predicted octanol–water partition coefficient (Wildman–Crippen LogP) is 2.31. The van der Waals surface area contributed by atoms with E-state index >= 15 is 0 Å². The van der Waals surface area contributed by atoms with Gasteiger partial charge in [0.2, 0.25) is 0 Å². The van der Waals surface area contributed by atoms with Crippen molar-refractivity contribution in [1.29, 1.82) is 0 Å². The number of hydrogen-bond acceptors (Lipinski definition) is 3. The van der Waals surface area contributed by atoms with Gasteiger partial charge in [-0.15, -0.1) is 0 Å². The van der Waals surface area contributed by atoms with Crippen molar-refractivity contribution in [2.45, 2.75) is 70.4 Å². The van der Waals surface area contributed by atoms with Gasteiger partial charge in [-0.2, -0.15) is 0 Å². The van der Waals surface area contributed by atoms with Crippen LogP contribution in [-0.2, 0) is 17.7 Å². The van der Waals surface area contributed by atoms with Crippen molar-refractivity contribution in [3.05, 3.63) is 35.4 Å². The first-order chi connectivity index (χ1) is 12.7. The lowest BCUT2D eigenvalue weighted by molar-refractivity contribution is 0.0992. The van der Waals surface area contributed by atoms with E-state index in [0.29, 0.717) is 24.3 Å². The first-order valence-corrected chi connectivity index (χ1v) is 10.2. The number of benzene rings is 1. The molecule has 2 fully saturated rings. The lowest BCUT2D eigenvalue weighted by Gasteiger charge is -2.33. The maximum atomic E-state index is 5.96. The summed E-state index contributed by atoms with van der Waals surface area (Å²) in [4.78, 5) is 7.44.